The Labute approximate surface area is 125 Å². The first-order valence-corrected chi connectivity index (χ1v) is 6.53. The molecule has 2 N–H and O–H groups in total. The average Bonchev–Trinajstić information content (AvgIpc) is 2.34. The quantitative estimate of drug-likeness (QED) is 0.857. The molecule has 1 aromatic heterocycles. The van der Waals surface area contributed by atoms with Crippen LogP contribution in [0.15, 0.2) is 32.4 Å². The van der Waals surface area contributed by atoms with Gasteiger partial charge < -0.3 is 5.11 Å². The molecule has 20 heavy (non-hydrogen) atoms. The molecule has 0 unspecified atom stereocenters. The lowest BCUT2D eigenvalue weighted by Crippen LogP contribution is -2.32. The maximum absolute atomic E-state index is 11.8. The lowest BCUT2D eigenvalue weighted by molar-refractivity contribution is 0.0694. The fraction of sp³-hybridized carbons (Fsp3) is 0.0833. The molecule has 0 saturated carbocycles. The molecule has 1 aromatic carbocycles. The summed E-state index contributed by atoms with van der Waals surface area (Å²) in [5.41, 5.74) is -1.11. The summed E-state index contributed by atoms with van der Waals surface area (Å²) in [5, 5.41) is 9.34. The number of aromatic amines is 1. The summed E-state index contributed by atoms with van der Waals surface area (Å²) < 4.78 is 1.56. The molecule has 1 heterocycles. The van der Waals surface area contributed by atoms with Crippen LogP contribution in [-0.4, -0.2) is 20.6 Å². The smallest absolute Gasteiger partial charge is 0.342 e. The zero-order valence-corrected chi connectivity index (χ0v) is 12.4. The van der Waals surface area contributed by atoms with Crippen molar-refractivity contribution in [2.45, 2.75) is 6.92 Å². The van der Waals surface area contributed by atoms with E-state index in [-0.39, 0.29) is 0 Å². The number of rotatable bonds is 2. The van der Waals surface area contributed by atoms with Gasteiger partial charge in [0.25, 0.3) is 5.56 Å². The number of nitrogens with zero attached hydrogens (tertiary/aromatic N) is 1. The third-order valence-electron chi connectivity index (χ3n) is 2.66. The van der Waals surface area contributed by atoms with Crippen LogP contribution in [0.3, 0.4) is 0 Å². The Morgan fingerprint density at radius 3 is 2.65 bits per heavy atom. The van der Waals surface area contributed by atoms with Gasteiger partial charge >= 0.3 is 11.7 Å². The summed E-state index contributed by atoms with van der Waals surface area (Å²) in [7, 11) is 0. The molecule has 0 fully saturated rings. The minimum Gasteiger partial charge on any atom is -0.477 e. The summed E-state index contributed by atoms with van der Waals surface area (Å²) in [6.07, 6.45) is 0.968. The second-order valence-electron chi connectivity index (χ2n) is 4.03. The lowest BCUT2D eigenvalue weighted by Gasteiger charge is -2.10. The zero-order valence-electron chi connectivity index (χ0n) is 10.1. The molecule has 0 saturated heterocycles. The van der Waals surface area contributed by atoms with Crippen molar-refractivity contribution in [3.63, 3.8) is 0 Å². The second-order valence-corrected chi connectivity index (χ2v) is 5.29. The summed E-state index contributed by atoms with van der Waals surface area (Å²) in [4.78, 5) is 36.1. The standard InChI is InChI=1S/C12H8BrClN2O4/c1-5-2-7(13)9(3-8(5)14)16-4-6(11(18)19)10(17)15-12(16)20/h2-4H,1H3,(H,18,19)(H,15,17,20). The number of aromatic nitrogens is 2. The Morgan fingerprint density at radius 2 is 2.05 bits per heavy atom. The molecule has 0 spiro atoms. The Morgan fingerprint density at radius 1 is 1.40 bits per heavy atom. The third-order valence-corrected chi connectivity index (χ3v) is 3.70. The fourth-order valence-corrected chi connectivity index (χ4v) is 2.43. The number of nitrogens with one attached hydrogen (secondary N) is 1. The molecule has 104 valence electrons. The molecule has 0 atom stereocenters. The van der Waals surface area contributed by atoms with E-state index >= 15 is 0 Å². The molecule has 2 rings (SSSR count). The lowest BCUT2D eigenvalue weighted by atomic mass is 10.2. The molecule has 0 bridgehead atoms. The van der Waals surface area contributed by atoms with E-state index in [4.69, 9.17) is 16.7 Å². The van der Waals surface area contributed by atoms with Crippen LogP contribution >= 0.6 is 27.5 Å². The number of halogens is 2. The summed E-state index contributed by atoms with van der Waals surface area (Å²) >= 11 is 9.27. The van der Waals surface area contributed by atoms with E-state index in [0.29, 0.717) is 15.2 Å². The van der Waals surface area contributed by atoms with Crippen LogP contribution in [0.2, 0.25) is 5.02 Å². The third kappa shape index (κ3) is 2.54. The van der Waals surface area contributed by atoms with Crippen LogP contribution in [0.25, 0.3) is 5.69 Å². The van der Waals surface area contributed by atoms with Crippen LogP contribution in [-0.2, 0) is 0 Å². The number of hydrogen-bond donors (Lipinski definition) is 2. The molecular formula is C12H8BrClN2O4. The van der Waals surface area contributed by atoms with Crippen molar-refractivity contribution in [3.05, 3.63) is 59.8 Å². The molecule has 8 heteroatoms. The van der Waals surface area contributed by atoms with Gasteiger partial charge in [0.2, 0.25) is 0 Å². The maximum atomic E-state index is 11.8. The van der Waals surface area contributed by atoms with Gasteiger partial charge in [0, 0.05) is 15.7 Å². The Balaban J connectivity index is 2.80. The first kappa shape index (κ1) is 14.5. The molecule has 0 amide bonds. The fourth-order valence-electron chi connectivity index (χ4n) is 1.62. The molecular weight excluding hydrogens is 351 g/mol. The first-order chi connectivity index (χ1) is 9.31. The van der Waals surface area contributed by atoms with Gasteiger partial charge in [0.15, 0.2) is 0 Å². The predicted molar refractivity (Wildman–Crippen MR) is 77.1 cm³/mol. The SMILES string of the molecule is Cc1cc(Br)c(-n2cc(C(=O)O)c(=O)[nH]c2=O)cc1Cl. The van der Waals surface area contributed by atoms with E-state index < -0.39 is 22.8 Å². The number of aryl methyl sites for hydroxylation is 1. The number of carboxylic acids is 1. The van der Waals surface area contributed by atoms with E-state index in [2.05, 4.69) is 15.9 Å². The van der Waals surface area contributed by atoms with Crippen molar-refractivity contribution in [1.82, 2.24) is 9.55 Å². The van der Waals surface area contributed by atoms with Crippen molar-refractivity contribution in [3.8, 4) is 5.69 Å². The van der Waals surface area contributed by atoms with Gasteiger partial charge in [-0.25, -0.2) is 9.59 Å². The van der Waals surface area contributed by atoms with Gasteiger partial charge in [0.1, 0.15) is 5.56 Å². The van der Waals surface area contributed by atoms with Gasteiger partial charge in [-0.2, -0.15) is 0 Å². The van der Waals surface area contributed by atoms with Crippen LogP contribution in [0.4, 0.5) is 0 Å². The number of hydrogen-bond acceptors (Lipinski definition) is 3. The van der Waals surface area contributed by atoms with Crippen LogP contribution in [0, 0.1) is 6.92 Å². The highest BCUT2D eigenvalue weighted by Gasteiger charge is 2.14. The number of H-pyrrole nitrogens is 1. The normalized spacial score (nSPS) is 10.6. The van der Waals surface area contributed by atoms with Gasteiger partial charge in [-0.15, -0.1) is 0 Å². The Kier molecular flexibility index (Phi) is 3.82. The average molecular weight is 360 g/mol. The summed E-state index contributed by atoms with van der Waals surface area (Å²) in [5.74, 6) is -1.42. The van der Waals surface area contributed by atoms with Gasteiger partial charge in [0.05, 0.1) is 5.69 Å². The predicted octanol–water partition coefficient (Wildman–Crippen LogP) is 1.95. The first-order valence-electron chi connectivity index (χ1n) is 5.36. The highest BCUT2D eigenvalue weighted by atomic mass is 79.9. The van der Waals surface area contributed by atoms with Crippen LogP contribution in [0.1, 0.15) is 15.9 Å². The number of benzene rings is 1. The molecule has 6 nitrogen and oxygen atoms in total. The molecule has 0 aliphatic rings. The topological polar surface area (TPSA) is 92.2 Å². The summed E-state index contributed by atoms with van der Waals surface area (Å²) in [6.45, 7) is 1.79. The van der Waals surface area contributed by atoms with Gasteiger partial charge in [-0.1, -0.05) is 11.6 Å². The second kappa shape index (κ2) is 5.26. The van der Waals surface area contributed by atoms with E-state index in [1.807, 2.05) is 4.98 Å². The highest BCUT2D eigenvalue weighted by Crippen LogP contribution is 2.27. The highest BCUT2D eigenvalue weighted by molar-refractivity contribution is 9.10. The van der Waals surface area contributed by atoms with Gasteiger partial charge in [-0.05, 0) is 40.5 Å². The minimum atomic E-state index is -1.42. The van der Waals surface area contributed by atoms with Crippen molar-refractivity contribution in [2.24, 2.45) is 0 Å². The number of carbonyl (C=O) groups is 1. The number of carboxylic acid groups (broad SMARTS) is 1. The zero-order chi connectivity index (χ0) is 15.0. The molecule has 2 aromatic rings. The van der Waals surface area contributed by atoms with Crippen molar-refractivity contribution < 1.29 is 9.90 Å². The van der Waals surface area contributed by atoms with E-state index in [1.165, 1.54) is 6.07 Å². The summed E-state index contributed by atoms with van der Waals surface area (Å²) in [6, 6.07) is 3.20. The van der Waals surface area contributed by atoms with Crippen molar-refractivity contribution >= 4 is 33.5 Å². The Hall–Kier alpha value is -1.86. The van der Waals surface area contributed by atoms with Crippen LogP contribution < -0.4 is 11.2 Å². The molecule has 0 aliphatic heterocycles. The molecule has 0 radical (unpaired) electrons. The van der Waals surface area contributed by atoms with E-state index in [0.717, 1.165) is 16.3 Å². The minimum absolute atomic E-state index is 0.337. The van der Waals surface area contributed by atoms with E-state index in [1.54, 1.807) is 13.0 Å². The van der Waals surface area contributed by atoms with E-state index in [9.17, 15) is 14.4 Å². The van der Waals surface area contributed by atoms with Crippen molar-refractivity contribution in [2.75, 3.05) is 0 Å². The molecule has 0 aliphatic carbocycles. The monoisotopic (exact) mass is 358 g/mol. The Bertz CT molecular complexity index is 825. The van der Waals surface area contributed by atoms with Crippen molar-refractivity contribution in [1.29, 1.82) is 0 Å². The largest absolute Gasteiger partial charge is 0.477 e. The number of aromatic carboxylic acids is 1. The van der Waals surface area contributed by atoms with Crippen LogP contribution in [0.5, 0.6) is 0 Å². The van der Waals surface area contributed by atoms with Gasteiger partial charge in [-0.3, -0.25) is 14.3 Å². The maximum Gasteiger partial charge on any atom is 0.342 e.